The van der Waals surface area contributed by atoms with Gasteiger partial charge in [0, 0.05) is 6.04 Å². The van der Waals surface area contributed by atoms with Gasteiger partial charge < -0.3 is 10.6 Å². The zero-order valence-corrected chi connectivity index (χ0v) is 11.5. The van der Waals surface area contributed by atoms with E-state index < -0.39 is 0 Å². The number of hydrogen-bond acceptors (Lipinski definition) is 3. The van der Waals surface area contributed by atoms with E-state index in [0.29, 0.717) is 19.1 Å². The van der Waals surface area contributed by atoms with Crippen molar-refractivity contribution in [3.05, 3.63) is 0 Å². The molecule has 0 spiro atoms. The average molecular weight is 251 g/mol. The lowest BCUT2D eigenvalue weighted by molar-refractivity contribution is -0.122. The van der Waals surface area contributed by atoms with E-state index >= 15 is 0 Å². The first-order chi connectivity index (χ1) is 8.61. The Balaban J connectivity index is 2.15. The van der Waals surface area contributed by atoms with Crippen LogP contribution in [0.25, 0.3) is 0 Å². The maximum atomic E-state index is 11.5. The summed E-state index contributed by atoms with van der Waals surface area (Å²) in [6.07, 6.45) is 7.44. The summed E-state index contributed by atoms with van der Waals surface area (Å²) in [5.74, 6) is 3.19. The molecule has 1 aliphatic heterocycles. The molecule has 0 radical (unpaired) electrons. The van der Waals surface area contributed by atoms with Crippen LogP contribution in [0.3, 0.4) is 0 Å². The zero-order chi connectivity index (χ0) is 13.4. The van der Waals surface area contributed by atoms with Crippen LogP contribution < -0.4 is 10.6 Å². The third-order valence-corrected chi connectivity index (χ3v) is 3.28. The minimum absolute atomic E-state index is 0.0340. The van der Waals surface area contributed by atoms with Crippen LogP contribution in [0.1, 0.15) is 26.7 Å². The van der Waals surface area contributed by atoms with E-state index in [1.807, 2.05) is 0 Å². The Hall–Kier alpha value is -1.05. The summed E-state index contributed by atoms with van der Waals surface area (Å²) in [4.78, 5) is 13.7. The average Bonchev–Trinajstić information content (AvgIpc) is 2.35. The van der Waals surface area contributed by atoms with Gasteiger partial charge in [0.2, 0.25) is 5.91 Å². The summed E-state index contributed by atoms with van der Waals surface area (Å²) in [5.41, 5.74) is 0. The van der Waals surface area contributed by atoms with Gasteiger partial charge in [0.1, 0.15) is 0 Å². The number of likely N-dealkylation sites (tertiary alicyclic amines) is 1. The highest BCUT2D eigenvalue weighted by atomic mass is 16.2. The molecule has 0 aromatic rings. The minimum atomic E-state index is 0.0340. The molecular formula is C14H25N3O. The van der Waals surface area contributed by atoms with Crippen LogP contribution in [-0.2, 0) is 4.79 Å². The number of amides is 1. The molecule has 0 bridgehead atoms. The van der Waals surface area contributed by atoms with E-state index in [2.05, 4.69) is 35.3 Å². The summed E-state index contributed by atoms with van der Waals surface area (Å²) >= 11 is 0. The number of carbonyl (C=O) groups is 1. The fourth-order valence-electron chi connectivity index (χ4n) is 2.16. The van der Waals surface area contributed by atoms with Crippen LogP contribution in [-0.4, -0.2) is 49.6 Å². The molecule has 2 N–H and O–H groups in total. The molecule has 1 aliphatic rings. The monoisotopic (exact) mass is 251 g/mol. The highest BCUT2D eigenvalue weighted by Crippen LogP contribution is 2.16. The predicted octanol–water partition coefficient (Wildman–Crippen LogP) is 0.446. The fourth-order valence-corrected chi connectivity index (χ4v) is 2.16. The molecule has 1 amide bonds. The first-order valence-electron chi connectivity index (χ1n) is 6.77. The number of hydrogen-bond donors (Lipinski definition) is 2. The minimum Gasteiger partial charge on any atom is -0.344 e. The smallest absolute Gasteiger partial charge is 0.234 e. The Morgan fingerprint density at radius 2 is 2.11 bits per heavy atom. The second-order valence-corrected chi connectivity index (χ2v) is 5.26. The van der Waals surface area contributed by atoms with Crippen molar-refractivity contribution in [2.45, 2.75) is 32.7 Å². The van der Waals surface area contributed by atoms with Crippen molar-refractivity contribution in [3.63, 3.8) is 0 Å². The van der Waals surface area contributed by atoms with Gasteiger partial charge in [-0.25, -0.2) is 0 Å². The van der Waals surface area contributed by atoms with Crippen molar-refractivity contribution in [1.29, 1.82) is 0 Å². The molecule has 0 unspecified atom stereocenters. The molecule has 1 saturated heterocycles. The Bertz CT molecular complexity index is 288. The van der Waals surface area contributed by atoms with Gasteiger partial charge in [-0.3, -0.25) is 9.69 Å². The van der Waals surface area contributed by atoms with Crippen LogP contribution in [0, 0.1) is 18.3 Å². The number of terminal acetylenes is 1. The molecule has 0 atom stereocenters. The predicted molar refractivity (Wildman–Crippen MR) is 74.1 cm³/mol. The van der Waals surface area contributed by atoms with Gasteiger partial charge >= 0.3 is 0 Å². The van der Waals surface area contributed by atoms with Crippen molar-refractivity contribution < 1.29 is 4.79 Å². The van der Waals surface area contributed by atoms with Gasteiger partial charge in [-0.2, -0.15) is 0 Å². The number of carbonyl (C=O) groups excluding carboxylic acids is 1. The lowest BCUT2D eigenvalue weighted by Crippen LogP contribution is -2.43. The Morgan fingerprint density at radius 3 is 2.67 bits per heavy atom. The summed E-state index contributed by atoms with van der Waals surface area (Å²) < 4.78 is 0. The molecule has 4 nitrogen and oxygen atoms in total. The SMILES string of the molecule is C#CCNC(=O)CN1CCC(CNC(C)C)CC1. The number of rotatable bonds is 6. The largest absolute Gasteiger partial charge is 0.344 e. The van der Waals surface area contributed by atoms with Crippen molar-refractivity contribution >= 4 is 5.91 Å². The molecule has 0 saturated carbocycles. The molecule has 0 aromatic carbocycles. The van der Waals surface area contributed by atoms with E-state index in [1.165, 1.54) is 12.8 Å². The van der Waals surface area contributed by atoms with E-state index in [9.17, 15) is 4.79 Å². The molecule has 1 fully saturated rings. The Morgan fingerprint density at radius 1 is 1.44 bits per heavy atom. The summed E-state index contributed by atoms with van der Waals surface area (Å²) in [6.45, 7) is 8.26. The molecule has 0 aromatic heterocycles. The summed E-state index contributed by atoms with van der Waals surface area (Å²) in [6, 6.07) is 0.553. The van der Waals surface area contributed by atoms with Gasteiger partial charge in [-0.15, -0.1) is 6.42 Å². The first kappa shape index (κ1) is 15.0. The van der Waals surface area contributed by atoms with Crippen molar-refractivity contribution in [2.75, 3.05) is 32.7 Å². The second kappa shape index (κ2) is 8.12. The molecule has 1 rings (SSSR count). The van der Waals surface area contributed by atoms with Crippen molar-refractivity contribution in [2.24, 2.45) is 5.92 Å². The maximum absolute atomic E-state index is 11.5. The van der Waals surface area contributed by atoms with Gasteiger partial charge in [0.05, 0.1) is 13.1 Å². The van der Waals surface area contributed by atoms with Gasteiger partial charge in [-0.05, 0) is 38.4 Å². The Kier molecular flexibility index (Phi) is 6.77. The van der Waals surface area contributed by atoms with E-state index in [4.69, 9.17) is 6.42 Å². The van der Waals surface area contributed by atoms with Crippen LogP contribution in [0.2, 0.25) is 0 Å². The van der Waals surface area contributed by atoms with Crippen LogP contribution >= 0.6 is 0 Å². The normalized spacial score (nSPS) is 17.7. The molecule has 4 heteroatoms. The molecular weight excluding hydrogens is 226 g/mol. The van der Waals surface area contributed by atoms with Gasteiger partial charge in [0.25, 0.3) is 0 Å². The van der Waals surface area contributed by atoms with Crippen LogP contribution in [0.4, 0.5) is 0 Å². The first-order valence-corrected chi connectivity index (χ1v) is 6.77. The third-order valence-electron chi connectivity index (χ3n) is 3.28. The van der Waals surface area contributed by atoms with Crippen LogP contribution in [0.5, 0.6) is 0 Å². The number of nitrogens with zero attached hydrogens (tertiary/aromatic N) is 1. The van der Waals surface area contributed by atoms with E-state index in [0.717, 1.165) is 25.6 Å². The lowest BCUT2D eigenvalue weighted by atomic mass is 9.96. The van der Waals surface area contributed by atoms with Gasteiger partial charge in [-0.1, -0.05) is 19.8 Å². The highest BCUT2D eigenvalue weighted by molar-refractivity contribution is 5.78. The van der Waals surface area contributed by atoms with Crippen LogP contribution in [0.15, 0.2) is 0 Å². The van der Waals surface area contributed by atoms with Gasteiger partial charge in [0.15, 0.2) is 0 Å². The number of piperidine rings is 1. The third kappa shape index (κ3) is 6.04. The van der Waals surface area contributed by atoms with E-state index in [-0.39, 0.29) is 5.91 Å². The second-order valence-electron chi connectivity index (χ2n) is 5.26. The molecule has 18 heavy (non-hydrogen) atoms. The fraction of sp³-hybridized carbons (Fsp3) is 0.786. The number of nitrogens with one attached hydrogen (secondary N) is 2. The lowest BCUT2D eigenvalue weighted by Gasteiger charge is -2.31. The quantitative estimate of drug-likeness (QED) is 0.674. The molecule has 1 heterocycles. The molecule has 102 valence electrons. The van der Waals surface area contributed by atoms with Crippen molar-refractivity contribution in [3.8, 4) is 12.3 Å². The van der Waals surface area contributed by atoms with Crippen molar-refractivity contribution in [1.82, 2.24) is 15.5 Å². The maximum Gasteiger partial charge on any atom is 0.234 e. The topological polar surface area (TPSA) is 44.4 Å². The zero-order valence-electron chi connectivity index (χ0n) is 11.5. The standard InChI is InChI=1S/C14H25N3O/c1-4-7-15-14(18)11-17-8-5-13(6-9-17)10-16-12(2)3/h1,12-13,16H,5-11H2,2-3H3,(H,15,18). The summed E-state index contributed by atoms with van der Waals surface area (Å²) in [5, 5.41) is 6.18. The summed E-state index contributed by atoms with van der Waals surface area (Å²) in [7, 11) is 0. The van der Waals surface area contributed by atoms with E-state index in [1.54, 1.807) is 0 Å². The Labute approximate surface area is 110 Å². The molecule has 0 aliphatic carbocycles. The highest BCUT2D eigenvalue weighted by Gasteiger charge is 2.20.